The monoisotopic (exact) mass is 321 g/mol. The molecule has 0 fully saturated rings. The summed E-state index contributed by atoms with van der Waals surface area (Å²) in [5.41, 5.74) is 0.527. The lowest BCUT2D eigenvalue weighted by atomic mass is 10.1. The zero-order chi connectivity index (χ0) is 16.1. The van der Waals surface area contributed by atoms with Crippen LogP contribution in [0, 0.1) is 12.7 Å². The van der Waals surface area contributed by atoms with Crippen LogP contribution in [-0.4, -0.2) is 18.0 Å². The summed E-state index contributed by atoms with van der Waals surface area (Å²) in [7, 11) is 0. The number of carbonyl (C=O) groups excluding carboxylic acids is 2. The van der Waals surface area contributed by atoms with Crippen molar-refractivity contribution in [3.05, 3.63) is 57.5 Å². The third-order valence-electron chi connectivity index (χ3n) is 3.08. The topological polar surface area (TPSA) is 55.4 Å². The van der Waals surface area contributed by atoms with E-state index in [4.69, 9.17) is 4.74 Å². The highest BCUT2D eigenvalue weighted by Gasteiger charge is 2.19. The number of aryl methyl sites for hydroxylation is 1. The van der Waals surface area contributed by atoms with Crippen molar-refractivity contribution in [1.82, 2.24) is 5.32 Å². The molecule has 6 heteroatoms. The minimum atomic E-state index is -0.947. The first-order valence-corrected chi connectivity index (χ1v) is 7.62. The average molecular weight is 321 g/mol. The summed E-state index contributed by atoms with van der Waals surface area (Å²) in [6.45, 7) is 3.47. The Morgan fingerprint density at radius 3 is 2.77 bits per heavy atom. The quantitative estimate of drug-likeness (QED) is 0.861. The van der Waals surface area contributed by atoms with E-state index >= 15 is 0 Å². The van der Waals surface area contributed by atoms with Gasteiger partial charge in [0, 0.05) is 4.88 Å². The van der Waals surface area contributed by atoms with Crippen LogP contribution in [0.1, 0.15) is 27.7 Å². The summed E-state index contributed by atoms with van der Waals surface area (Å²) in [6, 6.07) is 7.86. The van der Waals surface area contributed by atoms with Crippen LogP contribution in [0.3, 0.4) is 0 Å². The first kappa shape index (κ1) is 16.2. The molecule has 0 aliphatic carbocycles. The van der Waals surface area contributed by atoms with E-state index in [0.717, 1.165) is 10.9 Å². The van der Waals surface area contributed by atoms with Crippen LogP contribution in [0.15, 0.2) is 35.7 Å². The van der Waals surface area contributed by atoms with E-state index in [1.807, 2.05) is 17.5 Å². The first-order valence-electron chi connectivity index (χ1n) is 6.74. The number of halogens is 1. The minimum Gasteiger partial charge on any atom is -0.449 e. The van der Waals surface area contributed by atoms with Gasteiger partial charge in [0.1, 0.15) is 5.82 Å². The van der Waals surface area contributed by atoms with Crippen LogP contribution in [-0.2, 0) is 16.1 Å². The van der Waals surface area contributed by atoms with Crippen molar-refractivity contribution in [2.75, 3.05) is 0 Å². The minimum absolute atomic E-state index is 0.0843. The molecule has 1 aromatic heterocycles. The summed E-state index contributed by atoms with van der Waals surface area (Å²) in [4.78, 5) is 24.8. The molecule has 0 bridgehead atoms. The first-order chi connectivity index (χ1) is 10.5. The molecule has 1 amide bonds. The van der Waals surface area contributed by atoms with Crippen molar-refractivity contribution in [1.29, 1.82) is 0 Å². The second-order valence-electron chi connectivity index (χ2n) is 4.81. The Labute approximate surface area is 131 Å². The molecule has 1 aromatic carbocycles. The predicted molar refractivity (Wildman–Crippen MR) is 82.2 cm³/mol. The Morgan fingerprint density at radius 2 is 2.14 bits per heavy atom. The Kier molecular flexibility index (Phi) is 5.27. The molecule has 2 aromatic rings. The van der Waals surface area contributed by atoms with Gasteiger partial charge in [0.2, 0.25) is 0 Å². The maximum atomic E-state index is 13.4. The average Bonchev–Trinajstić information content (AvgIpc) is 3.00. The van der Waals surface area contributed by atoms with Gasteiger partial charge in [-0.15, -0.1) is 11.3 Å². The van der Waals surface area contributed by atoms with Gasteiger partial charge in [0.25, 0.3) is 5.91 Å². The highest BCUT2D eigenvalue weighted by Crippen LogP contribution is 2.12. The van der Waals surface area contributed by atoms with E-state index in [1.165, 1.54) is 30.4 Å². The molecule has 4 nitrogen and oxygen atoms in total. The Balaban J connectivity index is 1.89. The molecule has 1 atom stereocenters. The van der Waals surface area contributed by atoms with E-state index in [-0.39, 0.29) is 5.56 Å². The predicted octanol–water partition coefficient (Wildman–Crippen LogP) is 3.06. The summed E-state index contributed by atoms with van der Waals surface area (Å²) in [6.07, 6.45) is -0.947. The van der Waals surface area contributed by atoms with Gasteiger partial charge >= 0.3 is 5.97 Å². The number of hydrogen-bond acceptors (Lipinski definition) is 4. The fraction of sp³-hybridized carbons (Fsp3) is 0.250. The number of nitrogens with one attached hydrogen (secondary N) is 1. The van der Waals surface area contributed by atoms with Gasteiger partial charge in [-0.3, -0.25) is 4.79 Å². The van der Waals surface area contributed by atoms with Crippen LogP contribution in [0.25, 0.3) is 0 Å². The molecule has 1 N–H and O–H groups in total. The number of thiophene rings is 1. The van der Waals surface area contributed by atoms with Crippen molar-refractivity contribution in [3.63, 3.8) is 0 Å². The Bertz CT molecular complexity index is 670. The van der Waals surface area contributed by atoms with E-state index < -0.39 is 23.8 Å². The smallest absolute Gasteiger partial charge is 0.339 e. The largest absolute Gasteiger partial charge is 0.449 e. The van der Waals surface area contributed by atoms with Crippen molar-refractivity contribution in [3.8, 4) is 0 Å². The number of hydrogen-bond donors (Lipinski definition) is 1. The molecular weight excluding hydrogens is 305 g/mol. The molecule has 0 saturated heterocycles. The SMILES string of the molecule is Cc1ccc(C(=O)O[C@H](C)C(=O)NCc2cccs2)cc1F. The molecule has 0 aliphatic rings. The molecule has 0 radical (unpaired) electrons. The fourth-order valence-corrected chi connectivity index (χ4v) is 2.38. The van der Waals surface area contributed by atoms with Crippen molar-refractivity contribution in [2.45, 2.75) is 26.5 Å². The Morgan fingerprint density at radius 1 is 1.36 bits per heavy atom. The zero-order valence-corrected chi connectivity index (χ0v) is 13.1. The molecule has 0 unspecified atom stereocenters. The molecule has 0 spiro atoms. The summed E-state index contributed by atoms with van der Waals surface area (Å²) >= 11 is 1.53. The van der Waals surface area contributed by atoms with Crippen LogP contribution < -0.4 is 5.32 Å². The Hall–Kier alpha value is -2.21. The van der Waals surface area contributed by atoms with Gasteiger partial charge in [-0.1, -0.05) is 12.1 Å². The number of esters is 1. The number of carbonyl (C=O) groups is 2. The van der Waals surface area contributed by atoms with Crippen molar-refractivity contribution >= 4 is 23.2 Å². The maximum Gasteiger partial charge on any atom is 0.339 e. The number of rotatable bonds is 5. The number of amides is 1. The molecule has 1 heterocycles. The zero-order valence-electron chi connectivity index (χ0n) is 12.3. The number of ether oxygens (including phenoxy) is 1. The normalized spacial score (nSPS) is 11.8. The van der Waals surface area contributed by atoms with Gasteiger partial charge in [-0.05, 0) is 43.0 Å². The highest BCUT2D eigenvalue weighted by atomic mass is 32.1. The number of benzene rings is 1. The van der Waals surface area contributed by atoms with E-state index in [2.05, 4.69) is 5.32 Å². The molecule has 2 rings (SSSR count). The van der Waals surface area contributed by atoms with Crippen LogP contribution in [0.4, 0.5) is 4.39 Å². The fourth-order valence-electron chi connectivity index (χ4n) is 1.73. The lowest BCUT2D eigenvalue weighted by Gasteiger charge is -2.13. The van der Waals surface area contributed by atoms with Gasteiger partial charge in [0.05, 0.1) is 12.1 Å². The molecule has 22 heavy (non-hydrogen) atoms. The summed E-state index contributed by atoms with van der Waals surface area (Å²) < 4.78 is 18.5. The third-order valence-corrected chi connectivity index (χ3v) is 3.95. The van der Waals surface area contributed by atoms with Crippen molar-refractivity contribution in [2.24, 2.45) is 0 Å². The van der Waals surface area contributed by atoms with Gasteiger partial charge < -0.3 is 10.1 Å². The van der Waals surface area contributed by atoms with E-state index in [0.29, 0.717) is 12.1 Å². The lowest BCUT2D eigenvalue weighted by Crippen LogP contribution is -2.35. The summed E-state index contributed by atoms with van der Waals surface area (Å²) in [5.74, 6) is -1.60. The van der Waals surface area contributed by atoms with Gasteiger partial charge in [-0.25, -0.2) is 9.18 Å². The molecule has 0 saturated carbocycles. The molecular formula is C16H16FNO3S. The van der Waals surface area contributed by atoms with Crippen LogP contribution >= 0.6 is 11.3 Å². The van der Waals surface area contributed by atoms with Crippen molar-refractivity contribution < 1.29 is 18.7 Å². The van der Waals surface area contributed by atoms with Gasteiger partial charge in [0.15, 0.2) is 6.10 Å². The van der Waals surface area contributed by atoms with Crippen LogP contribution in [0.2, 0.25) is 0 Å². The third kappa shape index (κ3) is 4.14. The van der Waals surface area contributed by atoms with E-state index in [1.54, 1.807) is 6.92 Å². The second kappa shape index (κ2) is 7.17. The molecule has 116 valence electrons. The van der Waals surface area contributed by atoms with Crippen LogP contribution in [0.5, 0.6) is 0 Å². The summed E-state index contributed by atoms with van der Waals surface area (Å²) in [5, 5.41) is 4.60. The lowest BCUT2D eigenvalue weighted by molar-refractivity contribution is -0.129. The standard InChI is InChI=1S/C16H16FNO3S/c1-10-5-6-12(8-14(10)17)16(20)21-11(2)15(19)18-9-13-4-3-7-22-13/h3-8,11H,9H2,1-2H3,(H,18,19)/t11-/m1/s1. The maximum absolute atomic E-state index is 13.4. The van der Waals surface area contributed by atoms with Gasteiger partial charge in [-0.2, -0.15) is 0 Å². The molecule has 0 aliphatic heterocycles. The van der Waals surface area contributed by atoms with E-state index in [9.17, 15) is 14.0 Å². The highest BCUT2D eigenvalue weighted by molar-refractivity contribution is 7.09. The second-order valence-corrected chi connectivity index (χ2v) is 5.84.